The molecule has 0 heterocycles. The van der Waals surface area contributed by atoms with E-state index < -0.39 is 0 Å². The van der Waals surface area contributed by atoms with E-state index in [1.807, 2.05) is 13.0 Å². The van der Waals surface area contributed by atoms with Gasteiger partial charge in [0, 0.05) is 22.0 Å². The Morgan fingerprint density at radius 2 is 1.67 bits per heavy atom. The maximum Gasteiger partial charge on any atom is 0.323 e. The number of anilines is 2. The SMILES string of the molecule is Cc1ccc(NC(=O)Nc2ccc(C(N)=S)cc2)cc1Cl. The number of thiocarbonyl (C=S) groups is 1. The fourth-order valence-electron chi connectivity index (χ4n) is 1.68. The van der Waals surface area contributed by atoms with Crippen molar-refractivity contribution in [3.63, 3.8) is 0 Å². The standard InChI is InChI=1S/C15H14ClN3OS/c1-9-2-5-12(8-13(9)16)19-15(20)18-11-6-3-10(4-7-11)14(17)21/h2-8H,1H3,(H2,17,21)(H2,18,19,20). The van der Waals surface area contributed by atoms with Crippen molar-refractivity contribution in [2.24, 2.45) is 5.73 Å². The van der Waals surface area contributed by atoms with Crippen molar-refractivity contribution < 1.29 is 4.79 Å². The van der Waals surface area contributed by atoms with Gasteiger partial charge in [-0.2, -0.15) is 0 Å². The zero-order chi connectivity index (χ0) is 15.4. The Balaban J connectivity index is 2.01. The molecule has 0 unspecified atom stereocenters. The van der Waals surface area contributed by atoms with Crippen molar-refractivity contribution >= 4 is 46.2 Å². The summed E-state index contributed by atoms with van der Waals surface area (Å²) in [5.41, 5.74) is 8.49. The number of halogens is 1. The van der Waals surface area contributed by atoms with Gasteiger partial charge in [-0.1, -0.05) is 29.9 Å². The fraction of sp³-hybridized carbons (Fsp3) is 0.0667. The van der Waals surface area contributed by atoms with E-state index in [9.17, 15) is 4.79 Å². The van der Waals surface area contributed by atoms with Crippen molar-refractivity contribution in [2.45, 2.75) is 6.92 Å². The van der Waals surface area contributed by atoms with Crippen molar-refractivity contribution in [2.75, 3.05) is 10.6 Å². The van der Waals surface area contributed by atoms with Gasteiger partial charge >= 0.3 is 6.03 Å². The smallest absolute Gasteiger partial charge is 0.323 e. The largest absolute Gasteiger partial charge is 0.389 e. The lowest BCUT2D eigenvalue weighted by Gasteiger charge is -2.09. The van der Waals surface area contributed by atoms with Crippen molar-refractivity contribution in [1.82, 2.24) is 0 Å². The molecule has 0 saturated heterocycles. The number of benzene rings is 2. The Morgan fingerprint density at radius 3 is 2.24 bits per heavy atom. The summed E-state index contributed by atoms with van der Waals surface area (Å²) in [7, 11) is 0. The zero-order valence-corrected chi connectivity index (χ0v) is 12.9. The Hall–Kier alpha value is -2.11. The molecule has 2 aromatic carbocycles. The molecular weight excluding hydrogens is 306 g/mol. The van der Waals surface area contributed by atoms with Crippen LogP contribution in [0.3, 0.4) is 0 Å². The highest BCUT2D eigenvalue weighted by Gasteiger charge is 2.04. The lowest BCUT2D eigenvalue weighted by Crippen LogP contribution is -2.19. The molecule has 6 heteroatoms. The minimum absolute atomic E-state index is 0.320. The van der Waals surface area contributed by atoms with Crippen molar-refractivity contribution in [3.05, 3.63) is 58.6 Å². The molecule has 0 aliphatic heterocycles. The molecule has 2 rings (SSSR count). The molecule has 2 aromatic rings. The van der Waals surface area contributed by atoms with Crippen LogP contribution in [-0.4, -0.2) is 11.0 Å². The quantitative estimate of drug-likeness (QED) is 0.751. The molecular formula is C15H14ClN3OS. The molecule has 4 N–H and O–H groups in total. The molecule has 2 amide bonds. The molecule has 0 saturated carbocycles. The molecule has 108 valence electrons. The van der Waals surface area contributed by atoms with Crippen LogP contribution in [0, 0.1) is 6.92 Å². The third-order valence-corrected chi connectivity index (χ3v) is 3.50. The summed E-state index contributed by atoms with van der Waals surface area (Å²) < 4.78 is 0. The summed E-state index contributed by atoms with van der Waals surface area (Å²) in [6, 6.07) is 11.9. The van der Waals surface area contributed by atoms with E-state index in [2.05, 4.69) is 10.6 Å². The van der Waals surface area contributed by atoms with E-state index in [0.717, 1.165) is 11.1 Å². The van der Waals surface area contributed by atoms with E-state index in [1.165, 1.54) is 0 Å². The maximum absolute atomic E-state index is 11.9. The van der Waals surface area contributed by atoms with Gasteiger partial charge in [0.15, 0.2) is 0 Å². The topological polar surface area (TPSA) is 67.2 Å². The minimum atomic E-state index is -0.349. The number of aryl methyl sites for hydroxylation is 1. The molecule has 4 nitrogen and oxygen atoms in total. The normalized spacial score (nSPS) is 10.0. The predicted molar refractivity (Wildman–Crippen MR) is 91.2 cm³/mol. The molecule has 0 aliphatic carbocycles. The average molecular weight is 320 g/mol. The number of hydrogen-bond acceptors (Lipinski definition) is 2. The highest BCUT2D eigenvalue weighted by molar-refractivity contribution is 7.80. The Bertz CT molecular complexity index is 686. The summed E-state index contributed by atoms with van der Waals surface area (Å²) in [4.78, 5) is 12.2. The van der Waals surface area contributed by atoms with E-state index in [4.69, 9.17) is 29.6 Å². The molecule has 0 spiro atoms. The Kier molecular flexibility index (Phi) is 4.77. The van der Waals surface area contributed by atoms with Gasteiger partial charge < -0.3 is 16.4 Å². The molecule has 0 aromatic heterocycles. The summed E-state index contributed by atoms with van der Waals surface area (Å²) >= 11 is 10.9. The van der Waals surface area contributed by atoms with Crippen molar-refractivity contribution in [3.8, 4) is 0 Å². The highest BCUT2D eigenvalue weighted by atomic mass is 35.5. The van der Waals surface area contributed by atoms with E-state index >= 15 is 0 Å². The van der Waals surface area contributed by atoms with Crippen LogP contribution in [-0.2, 0) is 0 Å². The summed E-state index contributed by atoms with van der Waals surface area (Å²) in [5, 5.41) is 6.03. The number of rotatable bonds is 3. The van der Waals surface area contributed by atoms with Crippen LogP contribution in [0.4, 0.5) is 16.2 Å². The van der Waals surface area contributed by atoms with Crippen LogP contribution in [0.5, 0.6) is 0 Å². The van der Waals surface area contributed by atoms with Gasteiger partial charge in [-0.25, -0.2) is 4.79 Å². The lowest BCUT2D eigenvalue weighted by molar-refractivity contribution is 0.262. The number of urea groups is 1. The van der Waals surface area contributed by atoms with Gasteiger partial charge in [-0.15, -0.1) is 0 Å². The monoisotopic (exact) mass is 319 g/mol. The third kappa shape index (κ3) is 4.18. The third-order valence-electron chi connectivity index (χ3n) is 2.86. The maximum atomic E-state index is 11.9. The van der Waals surface area contributed by atoms with E-state index in [1.54, 1.807) is 36.4 Å². The number of carbonyl (C=O) groups is 1. The van der Waals surface area contributed by atoms with Gasteiger partial charge in [0.2, 0.25) is 0 Å². The first kappa shape index (κ1) is 15.3. The van der Waals surface area contributed by atoms with Gasteiger partial charge in [0.05, 0.1) is 0 Å². The Labute approximate surface area is 133 Å². The number of carbonyl (C=O) groups excluding carboxylic acids is 1. The minimum Gasteiger partial charge on any atom is -0.389 e. The second-order valence-electron chi connectivity index (χ2n) is 4.48. The van der Waals surface area contributed by atoms with Gasteiger partial charge in [-0.05, 0) is 48.9 Å². The molecule has 0 bridgehead atoms. The molecule has 0 radical (unpaired) electrons. The Morgan fingerprint density at radius 1 is 1.10 bits per heavy atom. The van der Waals surface area contributed by atoms with Crippen LogP contribution < -0.4 is 16.4 Å². The van der Waals surface area contributed by atoms with Gasteiger partial charge in [0.1, 0.15) is 4.99 Å². The summed E-state index contributed by atoms with van der Waals surface area (Å²) in [5.74, 6) is 0. The van der Waals surface area contributed by atoms with Crippen LogP contribution in [0.1, 0.15) is 11.1 Å². The van der Waals surface area contributed by atoms with Crippen LogP contribution >= 0.6 is 23.8 Å². The van der Waals surface area contributed by atoms with Crippen molar-refractivity contribution in [1.29, 1.82) is 0 Å². The number of nitrogens with two attached hydrogens (primary N) is 1. The van der Waals surface area contributed by atoms with Gasteiger partial charge in [-0.3, -0.25) is 0 Å². The molecule has 0 fully saturated rings. The molecule has 0 aliphatic rings. The fourth-order valence-corrected chi connectivity index (χ4v) is 2.00. The average Bonchev–Trinajstić information content (AvgIpc) is 2.43. The van der Waals surface area contributed by atoms with Crippen LogP contribution in [0.2, 0.25) is 5.02 Å². The number of hydrogen-bond donors (Lipinski definition) is 3. The van der Waals surface area contributed by atoms with Crippen LogP contribution in [0.15, 0.2) is 42.5 Å². The first-order chi connectivity index (χ1) is 9.95. The van der Waals surface area contributed by atoms with Gasteiger partial charge in [0.25, 0.3) is 0 Å². The number of nitrogens with one attached hydrogen (secondary N) is 2. The van der Waals surface area contributed by atoms with E-state index in [0.29, 0.717) is 21.4 Å². The first-order valence-electron chi connectivity index (χ1n) is 6.20. The highest BCUT2D eigenvalue weighted by Crippen LogP contribution is 2.20. The summed E-state index contributed by atoms with van der Waals surface area (Å²) in [6.07, 6.45) is 0. The molecule has 0 atom stereocenters. The molecule has 21 heavy (non-hydrogen) atoms. The summed E-state index contributed by atoms with van der Waals surface area (Å²) in [6.45, 7) is 1.90. The zero-order valence-electron chi connectivity index (χ0n) is 11.3. The van der Waals surface area contributed by atoms with E-state index in [-0.39, 0.29) is 6.03 Å². The lowest BCUT2D eigenvalue weighted by atomic mass is 10.2. The second kappa shape index (κ2) is 6.56. The van der Waals surface area contributed by atoms with Crippen LogP contribution in [0.25, 0.3) is 0 Å². The first-order valence-corrected chi connectivity index (χ1v) is 6.98. The second-order valence-corrected chi connectivity index (χ2v) is 5.33. The predicted octanol–water partition coefficient (Wildman–Crippen LogP) is 3.93. The number of amides is 2.